The van der Waals surface area contributed by atoms with E-state index in [-0.39, 0.29) is 0 Å². The Labute approximate surface area is 105 Å². The zero-order chi connectivity index (χ0) is 12.1. The predicted octanol–water partition coefficient (Wildman–Crippen LogP) is 0.0806. The standard InChI is InChI=1S/C13H27N3O/c1-14-5-2-3-13(14)4-6-15-7-9-16(10-8-15)11-12-17/h13,17H,2-12H2,1H3. The topological polar surface area (TPSA) is 30.0 Å². The SMILES string of the molecule is CN1CCCC1CCN1CCN(CCO)CC1. The van der Waals surface area contributed by atoms with Gasteiger partial charge in [0.2, 0.25) is 0 Å². The minimum absolute atomic E-state index is 0.298. The molecule has 0 aliphatic carbocycles. The summed E-state index contributed by atoms with van der Waals surface area (Å²) in [6, 6.07) is 0.825. The number of β-amino-alcohol motifs (C(OH)–C–C–N with tert-alkyl or cyclic N) is 1. The molecule has 0 saturated carbocycles. The van der Waals surface area contributed by atoms with Crippen LogP contribution in [0.4, 0.5) is 0 Å². The molecule has 4 nitrogen and oxygen atoms in total. The van der Waals surface area contributed by atoms with E-state index in [1.807, 2.05) is 0 Å². The Hall–Kier alpha value is -0.160. The summed E-state index contributed by atoms with van der Waals surface area (Å²) in [5.41, 5.74) is 0. The lowest BCUT2D eigenvalue weighted by atomic mass is 10.1. The summed E-state index contributed by atoms with van der Waals surface area (Å²) in [6.45, 7) is 8.29. The summed E-state index contributed by atoms with van der Waals surface area (Å²) in [7, 11) is 2.26. The second kappa shape index (κ2) is 6.69. The van der Waals surface area contributed by atoms with Gasteiger partial charge in [-0.2, -0.15) is 0 Å². The van der Waals surface area contributed by atoms with Crippen molar-refractivity contribution in [2.45, 2.75) is 25.3 Å². The van der Waals surface area contributed by atoms with Crippen LogP contribution in [0.5, 0.6) is 0 Å². The zero-order valence-corrected chi connectivity index (χ0v) is 11.1. The normalized spacial score (nSPS) is 28.9. The van der Waals surface area contributed by atoms with Crippen molar-refractivity contribution < 1.29 is 5.11 Å². The van der Waals surface area contributed by atoms with Gasteiger partial charge in [0.1, 0.15) is 0 Å². The number of rotatable bonds is 5. The first-order chi connectivity index (χ1) is 8.29. The maximum absolute atomic E-state index is 8.90. The lowest BCUT2D eigenvalue weighted by Gasteiger charge is -2.35. The van der Waals surface area contributed by atoms with Crippen molar-refractivity contribution in [3.63, 3.8) is 0 Å². The first-order valence-corrected chi connectivity index (χ1v) is 7.05. The minimum atomic E-state index is 0.298. The Morgan fingerprint density at radius 2 is 1.65 bits per heavy atom. The molecule has 4 heteroatoms. The number of piperazine rings is 1. The number of aliphatic hydroxyl groups is 1. The highest BCUT2D eigenvalue weighted by atomic mass is 16.3. The number of hydrogen-bond acceptors (Lipinski definition) is 4. The molecule has 100 valence electrons. The number of aliphatic hydroxyl groups excluding tert-OH is 1. The molecule has 2 aliphatic rings. The zero-order valence-electron chi connectivity index (χ0n) is 11.1. The van der Waals surface area contributed by atoms with Crippen molar-refractivity contribution in [2.75, 3.05) is 59.5 Å². The molecular weight excluding hydrogens is 214 g/mol. The highest BCUT2D eigenvalue weighted by Gasteiger charge is 2.22. The first-order valence-electron chi connectivity index (χ1n) is 7.05. The third-order valence-corrected chi connectivity index (χ3v) is 4.33. The quantitative estimate of drug-likeness (QED) is 0.738. The first kappa shape index (κ1) is 13.3. The van der Waals surface area contributed by atoms with Crippen LogP contribution in [-0.4, -0.2) is 85.3 Å². The van der Waals surface area contributed by atoms with Gasteiger partial charge in [0, 0.05) is 38.8 Å². The van der Waals surface area contributed by atoms with E-state index in [0.29, 0.717) is 6.61 Å². The van der Waals surface area contributed by atoms with E-state index >= 15 is 0 Å². The van der Waals surface area contributed by atoms with E-state index in [1.54, 1.807) is 0 Å². The second-order valence-electron chi connectivity index (χ2n) is 5.47. The fourth-order valence-corrected chi connectivity index (χ4v) is 3.05. The van der Waals surface area contributed by atoms with E-state index in [2.05, 4.69) is 21.7 Å². The van der Waals surface area contributed by atoms with Crippen LogP contribution in [0.15, 0.2) is 0 Å². The van der Waals surface area contributed by atoms with Crippen molar-refractivity contribution in [1.29, 1.82) is 0 Å². The van der Waals surface area contributed by atoms with E-state index in [1.165, 1.54) is 45.4 Å². The number of likely N-dealkylation sites (tertiary alicyclic amines) is 1. The fourth-order valence-electron chi connectivity index (χ4n) is 3.05. The Kier molecular flexibility index (Phi) is 5.22. The fraction of sp³-hybridized carbons (Fsp3) is 1.00. The number of nitrogens with zero attached hydrogens (tertiary/aromatic N) is 3. The van der Waals surface area contributed by atoms with Crippen molar-refractivity contribution in [3.8, 4) is 0 Å². The Morgan fingerprint density at radius 1 is 1.00 bits per heavy atom. The lowest BCUT2D eigenvalue weighted by molar-refractivity contribution is 0.106. The minimum Gasteiger partial charge on any atom is -0.395 e. The van der Waals surface area contributed by atoms with Gasteiger partial charge in [0.05, 0.1) is 6.61 Å². The third-order valence-electron chi connectivity index (χ3n) is 4.33. The molecular formula is C13H27N3O. The Balaban J connectivity index is 1.61. The largest absolute Gasteiger partial charge is 0.395 e. The maximum Gasteiger partial charge on any atom is 0.0558 e. The highest BCUT2D eigenvalue weighted by molar-refractivity contribution is 4.79. The molecule has 2 fully saturated rings. The van der Waals surface area contributed by atoms with Gasteiger partial charge in [0.15, 0.2) is 0 Å². The van der Waals surface area contributed by atoms with Crippen LogP contribution in [-0.2, 0) is 0 Å². The van der Waals surface area contributed by atoms with Crippen LogP contribution in [0, 0.1) is 0 Å². The molecule has 2 heterocycles. The lowest BCUT2D eigenvalue weighted by Crippen LogP contribution is -2.48. The molecule has 2 saturated heterocycles. The van der Waals surface area contributed by atoms with Gasteiger partial charge in [-0.05, 0) is 39.4 Å². The smallest absolute Gasteiger partial charge is 0.0558 e. The summed E-state index contributed by atoms with van der Waals surface area (Å²) in [4.78, 5) is 7.46. The molecule has 17 heavy (non-hydrogen) atoms. The maximum atomic E-state index is 8.90. The van der Waals surface area contributed by atoms with Gasteiger partial charge in [-0.1, -0.05) is 0 Å². The molecule has 0 spiro atoms. The van der Waals surface area contributed by atoms with Gasteiger partial charge in [-0.15, -0.1) is 0 Å². The molecule has 0 aromatic heterocycles. The molecule has 0 aromatic carbocycles. The van der Waals surface area contributed by atoms with Gasteiger partial charge in [0.25, 0.3) is 0 Å². The van der Waals surface area contributed by atoms with Crippen molar-refractivity contribution in [1.82, 2.24) is 14.7 Å². The Bertz CT molecular complexity index is 217. The second-order valence-corrected chi connectivity index (χ2v) is 5.47. The predicted molar refractivity (Wildman–Crippen MR) is 70.2 cm³/mol. The molecule has 0 amide bonds. The highest BCUT2D eigenvalue weighted by Crippen LogP contribution is 2.18. The summed E-state index contributed by atoms with van der Waals surface area (Å²) in [5.74, 6) is 0. The van der Waals surface area contributed by atoms with E-state index in [4.69, 9.17) is 5.11 Å². The van der Waals surface area contributed by atoms with Gasteiger partial charge in [-0.25, -0.2) is 0 Å². The summed E-state index contributed by atoms with van der Waals surface area (Å²) < 4.78 is 0. The van der Waals surface area contributed by atoms with Crippen LogP contribution in [0.2, 0.25) is 0 Å². The van der Waals surface area contributed by atoms with Crippen molar-refractivity contribution in [2.24, 2.45) is 0 Å². The molecule has 0 radical (unpaired) electrons. The molecule has 2 aliphatic heterocycles. The molecule has 0 bridgehead atoms. The molecule has 1 unspecified atom stereocenters. The average molecular weight is 241 g/mol. The summed E-state index contributed by atoms with van der Waals surface area (Å²) >= 11 is 0. The van der Waals surface area contributed by atoms with Gasteiger partial charge >= 0.3 is 0 Å². The molecule has 0 aromatic rings. The molecule has 1 N–H and O–H groups in total. The molecule has 2 rings (SSSR count). The van der Waals surface area contributed by atoms with Crippen LogP contribution in [0.3, 0.4) is 0 Å². The van der Waals surface area contributed by atoms with E-state index in [0.717, 1.165) is 25.7 Å². The molecule has 1 atom stereocenters. The summed E-state index contributed by atoms with van der Waals surface area (Å²) in [5, 5.41) is 8.90. The van der Waals surface area contributed by atoms with Gasteiger partial charge < -0.3 is 14.9 Å². The third kappa shape index (κ3) is 3.91. The average Bonchev–Trinajstić information content (AvgIpc) is 2.75. The van der Waals surface area contributed by atoms with Gasteiger partial charge in [-0.3, -0.25) is 4.90 Å². The van der Waals surface area contributed by atoms with Crippen LogP contribution < -0.4 is 0 Å². The van der Waals surface area contributed by atoms with Crippen LogP contribution in [0.1, 0.15) is 19.3 Å². The van der Waals surface area contributed by atoms with E-state index < -0.39 is 0 Å². The van der Waals surface area contributed by atoms with Crippen LogP contribution >= 0.6 is 0 Å². The number of hydrogen-bond donors (Lipinski definition) is 1. The van der Waals surface area contributed by atoms with Crippen molar-refractivity contribution >= 4 is 0 Å². The van der Waals surface area contributed by atoms with Crippen LogP contribution in [0.25, 0.3) is 0 Å². The van der Waals surface area contributed by atoms with E-state index in [9.17, 15) is 0 Å². The monoisotopic (exact) mass is 241 g/mol. The summed E-state index contributed by atoms with van der Waals surface area (Å²) in [6.07, 6.45) is 4.10. The van der Waals surface area contributed by atoms with Crippen molar-refractivity contribution in [3.05, 3.63) is 0 Å². The Morgan fingerprint density at radius 3 is 2.18 bits per heavy atom.